The molecule has 16 heavy (non-hydrogen) atoms. The zero-order valence-corrected chi connectivity index (χ0v) is 10.6. The van der Waals surface area contributed by atoms with Crippen LogP contribution in [0.5, 0.6) is 0 Å². The molecule has 7 heteroatoms. The predicted molar refractivity (Wildman–Crippen MR) is 62.9 cm³/mol. The van der Waals surface area contributed by atoms with Crippen molar-refractivity contribution in [2.75, 3.05) is 26.0 Å². The monoisotopic (exact) mass is 265 g/mol. The van der Waals surface area contributed by atoms with E-state index in [9.17, 15) is 13.5 Å². The second-order valence-electron chi connectivity index (χ2n) is 3.23. The van der Waals surface area contributed by atoms with Crippen LogP contribution in [0.15, 0.2) is 16.8 Å². The van der Waals surface area contributed by atoms with E-state index in [0.717, 1.165) is 5.56 Å². The molecule has 0 fully saturated rings. The molecule has 1 atom stereocenters. The molecule has 2 N–H and O–H groups in total. The van der Waals surface area contributed by atoms with Gasteiger partial charge < -0.3 is 9.84 Å². The first-order valence-electron chi connectivity index (χ1n) is 4.71. The van der Waals surface area contributed by atoms with Gasteiger partial charge in [-0.05, 0) is 22.4 Å². The van der Waals surface area contributed by atoms with E-state index in [2.05, 4.69) is 9.46 Å². The standard InChI is InChI=1S/C9H15NO4S2/c1-14-3-5-16(12,13)10-6-9(11)8-2-4-15-7-8/h2,4,7,9-11H,3,5-6H2,1H3. The Hall–Kier alpha value is -0.470. The van der Waals surface area contributed by atoms with Crippen molar-refractivity contribution in [3.8, 4) is 0 Å². The van der Waals surface area contributed by atoms with Gasteiger partial charge in [0, 0.05) is 13.7 Å². The Kier molecular flexibility index (Phi) is 5.36. The van der Waals surface area contributed by atoms with Crippen LogP contribution >= 0.6 is 11.3 Å². The lowest BCUT2D eigenvalue weighted by molar-refractivity contribution is 0.182. The van der Waals surface area contributed by atoms with Crippen LogP contribution in [0.3, 0.4) is 0 Å². The molecule has 0 saturated heterocycles. The number of sulfonamides is 1. The molecule has 0 aromatic carbocycles. The highest BCUT2D eigenvalue weighted by Gasteiger charge is 2.14. The summed E-state index contributed by atoms with van der Waals surface area (Å²) in [5.74, 6) is -0.0974. The normalized spacial score (nSPS) is 13.9. The highest BCUT2D eigenvalue weighted by atomic mass is 32.2. The molecule has 0 bridgehead atoms. The topological polar surface area (TPSA) is 75.6 Å². The summed E-state index contributed by atoms with van der Waals surface area (Å²) in [6.07, 6.45) is -0.802. The first-order valence-corrected chi connectivity index (χ1v) is 7.31. The van der Waals surface area contributed by atoms with Crippen LogP contribution in [-0.2, 0) is 14.8 Å². The maximum Gasteiger partial charge on any atom is 0.213 e. The molecule has 1 aromatic rings. The van der Waals surface area contributed by atoms with Crippen LogP contribution in [0, 0.1) is 0 Å². The summed E-state index contributed by atoms with van der Waals surface area (Å²) >= 11 is 1.46. The molecule has 1 rings (SSSR count). The molecule has 0 amide bonds. The molecule has 0 spiro atoms. The minimum atomic E-state index is -3.36. The fraction of sp³-hybridized carbons (Fsp3) is 0.556. The Morgan fingerprint density at radius 2 is 2.38 bits per heavy atom. The van der Waals surface area contributed by atoms with Crippen LogP contribution in [0.1, 0.15) is 11.7 Å². The molecule has 1 unspecified atom stereocenters. The number of hydrogen-bond donors (Lipinski definition) is 2. The van der Waals surface area contributed by atoms with Gasteiger partial charge in [0.2, 0.25) is 10.0 Å². The van der Waals surface area contributed by atoms with Gasteiger partial charge in [-0.15, -0.1) is 0 Å². The van der Waals surface area contributed by atoms with E-state index in [0.29, 0.717) is 0 Å². The minimum Gasteiger partial charge on any atom is -0.387 e. The van der Waals surface area contributed by atoms with E-state index in [1.54, 1.807) is 11.4 Å². The van der Waals surface area contributed by atoms with Gasteiger partial charge in [-0.3, -0.25) is 0 Å². The maximum atomic E-state index is 11.4. The third-order valence-corrected chi connectivity index (χ3v) is 3.99. The lowest BCUT2D eigenvalue weighted by Crippen LogP contribution is -2.31. The van der Waals surface area contributed by atoms with E-state index < -0.39 is 16.1 Å². The van der Waals surface area contributed by atoms with Gasteiger partial charge in [0.15, 0.2) is 0 Å². The third-order valence-electron chi connectivity index (χ3n) is 1.98. The fourth-order valence-electron chi connectivity index (χ4n) is 1.05. The van der Waals surface area contributed by atoms with Crippen LogP contribution in [-0.4, -0.2) is 39.5 Å². The summed E-state index contributed by atoms with van der Waals surface area (Å²) in [5.41, 5.74) is 0.722. The van der Waals surface area contributed by atoms with Gasteiger partial charge in [-0.2, -0.15) is 11.3 Å². The van der Waals surface area contributed by atoms with Crippen LogP contribution in [0.2, 0.25) is 0 Å². The van der Waals surface area contributed by atoms with Crippen molar-refractivity contribution >= 4 is 21.4 Å². The number of aliphatic hydroxyl groups excluding tert-OH is 1. The Balaban J connectivity index is 2.39. The SMILES string of the molecule is COCCS(=O)(=O)NCC(O)c1ccsc1. The second kappa shape index (κ2) is 6.31. The Bertz CT molecular complexity index is 388. The predicted octanol–water partition coefficient (Wildman–Crippen LogP) is 0.347. The minimum absolute atomic E-state index is 0.0111. The van der Waals surface area contributed by atoms with Crippen LogP contribution in [0.25, 0.3) is 0 Å². The Morgan fingerprint density at radius 1 is 1.62 bits per heavy atom. The molecule has 0 saturated carbocycles. The third kappa shape index (κ3) is 4.58. The average molecular weight is 265 g/mol. The lowest BCUT2D eigenvalue weighted by atomic mass is 10.2. The molecule has 5 nitrogen and oxygen atoms in total. The summed E-state index contributed by atoms with van der Waals surface area (Å²) in [4.78, 5) is 0. The summed E-state index contributed by atoms with van der Waals surface area (Å²) < 4.78 is 29.7. The van der Waals surface area contributed by atoms with E-state index in [1.165, 1.54) is 18.4 Å². The number of nitrogens with one attached hydrogen (secondary N) is 1. The molecule has 0 aliphatic heterocycles. The van der Waals surface area contributed by atoms with E-state index >= 15 is 0 Å². The largest absolute Gasteiger partial charge is 0.387 e. The highest BCUT2D eigenvalue weighted by molar-refractivity contribution is 7.89. The average Bonchev–Trinajstić information content (AvgIpc) is 2.77. The first kappa shape index (κ1) is 13.6. The fourth-order valence-corrected chi connectivity index (χ4v) is 2.70. The van der Waals surface area contributed by atoms with Gasteiger partial charge in [-0.25, -0.2) is 13.1 Å². The maximum absolute atomic E-state index is 11.4. The quantitative estimate of drug-likeness (QED) is 0.746. The first-order chi connectivity index (χ1) is 7.55. The van der Waals surface area contributed by atoms with Crippen molar-refractivity contribution in [3.63, 3.8) is 0 Å². The van der Waals surface area contributed by atoms with Crippen LogP contribution in [0.4, 0.5) is 0 Å². The van der Waals surface area contributed by atoms with Gasteiger partial charge in [0.25, 0.3) is 0 Å². The molecule has 0 radical (unpaired) electrons. The molecule has 92 valence electrons. The smallest absolute Gasteiger partial charge is 0.213 e. The van der Waals surface area contributed by atoms with Crippen molar-refractivity contribution < 1.29 is 18.3 Å². The summed E-state index contributed by atoms with van der Waals surface area (Å²) in [6, 6.07) is 1.76. The van der Waals surface area contributed by atoms with Crippen molar-refractivity contribution in [2.24, 2.45) is 0 Å². The van der Waals surface area contributed by atoms with Crippen molar-refractivity contribution in [3.05, 3.63) is 22.4 Å². The Morgan fingerprint density at radius 3 is 2.94 bits per heavy atom. The molecule has 1 aromatic heterocycles. The number of aliphatic hydroxyl groups is 1. The lowest BCUT2D eigenvalue weighted by Gasteiger charge is -2.10. The number of thiophene rings is 1. The summed E-state index contributed by atoms with van der Waals surface area (Å²) in [5, 5.41) is 13.3. The Labute approximate surface area is 99.1 Å². The van der Waals surface area contributed by atoms with Gasteiger partial charge in [0.1, 0.15) is 0 Å². The molecular weight excluding hydrogens is 250 g/mol. The van der Waals surface area contributed by atoms with E-state index in [1.807, 2.05) is 5.38 Å². The summed E-state index contributed by atoms with van der Waals surface area (Å²) in [7, 11) is -1.92. The number of methoxy groups -OCH3 is 1. The molecule has 1 heterocycles. The van der Waals surface area contributed by atoms with Crippen LogP contribution < -0.4 is 4.72 Å². The molecule has 0 aliphatic rings. The van der Waals surface area contributed by atoms with E-state index in [-0.39, 0.29) is 18.9 Å². The number of hydrogen-bond acceptors (Lipinski definition) is 5. The zero-order chi connectivity index (χ0) is 12.0. The zero-order valence-electron chi connectivity index (χ0n) is 8.92. The number of ether oxygens (including phenoxy) is 1. The van der Waals surface area contributed by atoms with Gasteiger partial charge in [0.05, 0.1) is 18.5 Å². The molecule has 0 aliphatic carbocycles. The van der Waals surface area contributed by atoms with E-state index in [4.69, 9.17) is 0 Å². The van der Waals surface area contributed by atoms with Gasteiger partial charge in [-0.1, -0.05) is 0 Å². The second-order valence-corrected chi connectivity index (χ2v) is 5.94. The van der Waals surface area contributed by atoms with Gasteiger partial charge >= 0.3 is 0 Å². The van der Waals surface area contributed by atoms with Crippen molar-refractivity contribution in [1.82, 2.24) is 4.72 Å². The van der Waals surface area contributed by atoms with Crippen molar-refractivity contribution in [2.45, 2.75) is 6.10 Å². The van der Waals surface area contributed by atoms with Crippen molar-refractivity contribution in [1.29, 1.82) is 0 Å². The highest BCUT2D eigenvalue weighted by Crippen LogP contribution is 2.15. The molecular formula is C9H15NO4S2. The summed E-state index contributed by atoms with van der Waals surface area (Å²) in [6.45, 7) is 0.132. The number of rotatable bonds is 7.